The Labute approximate surface area is 91.0 Å². The van der Waals surface area contributed by atoms with Gasteiger partial charge in [-0.3, -0.25) is 9.89 Å². The number of hydrogen-bond acceptors (Lipinski definition) is 2. The fraction of sp³-hybridized carbons (Fsp3) is 0.111. The van der Waals surface area contributed by atoms with Crippen molar-refractivity contribution in [3.63, 3.8) is 0 Å². The first-order valence-electron chi connectivity index (χ1n) is 4.29. The lowest BCUT2D eigenvalue weighted by atomic mass is 10.4. The lowest BCUT2D eigenvalue weighted by molar-refractivity contribution is 0.101. The Bertz CT molecular complexity index is 474. The highest BCUT2D eigenvalue weighted by Gasteiger charge is 2.11. The molecule has 2 rings (SSSR count). The van der Waals surface area contributed by atoms with Crippen molar-refractivity contribution >= 4 is 23.3 Å². The monoisotopic (exact) mass is 224 g/mol. The fourth-order valence-corrected chi connectivity index (χ4v) is 1.51. The third kappa shape index (κ3) is 2.02. The van der Waals surface area contributed by atoms with Crippen LogP contribution in [-0.2, 0) is 7.05 Å². The molecule has 0 fully saturated rings. The lowest BCUT2D eigenvalue weighted by Crippen LogP contribution is -2.15. The number of carbonyl (C=O) groups excluding carboxylic acids is 1. The molecule has 0 bridgehead atoms. The summed E-state index contributed by atoms with van der Waals surface area (Å²) in [5, 5.41) is 9.55. The van der Waals surface area contributed by atoms with Crippen LogP contribution >= 0.6 is 11.6 Å². The third-order valence-corrected chi connectivity index (χ3v) is 2.16. The molecule has 0 aliphatic rings. The van der Waals surface area contributed by atoms with Crippen LogP contribution in [0.5, 0.6) is 0 Å². The normalized spacial score (nSPS) is 10.3. The highest BCUT2D eigenvalue weighted by Crippen LogP contribution is 2.13. The topological polar surface area (TPSA) is 62.7 Å². The van der Waals surface area contributed by atoms with Crippen molar-refractivity contribution in [1.29, 1.82) is 0 Å². The summed E-state index contributed by atoms with van der Waals surface area (Å²) in [7, 11) is 1.76. The van der Waals surface area contributed by atoms with Crippen molar-refractivity contribution in [3.8, 4) is 0 Å². The van der Waals surface area contributed by atoms with Crippen LogP contribution in [0.3, 0.4) is 0 Å². The molecule has 5 nitrogen and oxygen atoms in total. The zero-order valence-corrected chi connectivity index (χ0v) is 8.75. The summed E-state index contributed by atoms with van der Waals surface area (Å²) < 4.78 is 1.66. The minimum atomic E-state index is -0.228. The average Bonchev–Trinajstić information content (AvgIpc) is 2.75. The van der Waals surface area contributed by atoms with E-state index in [0.717, 1.165) is 0 Å². The first-order valence-corrected chi connectivity index (χ1v) is 4.67. The predicted octanol–water partition coefficient (Wildman–Crippen LogP) is 1.65. The second kappa shape index (κ2) is 3.78. The molecule has 0 aliphatic carbocycles. The number of amides is 1. The Morgan fingerprint density at radius 1 is 1.67 bits per heavy atom. The zero-order valence-electron chi connectivity index (χ0n) is 7.99. The number of rotatable bonds is 2. The quantitative estimate of drug-likeness (QED) is 0.815. The van der Waals surface area contributed by atoms with Crippen molar-refractivity contribution in [2.45, 2.75) is 0 Å². The van der Waals surface area contributed by atoms with Gasteiger partial charge in [-0.2, -0.15) is 5.10 Å². The Hall–Kier alpha value is -1.75. The van der Waals surface area contributed by atoms with E-state index in [1.165, 1.54) is 0 Å². The number of aromatic nitrogens is 3. The molecule has 78 valence electrons. The van der Waals surface area contributed by atoms with E-state index in [1.807, 2.05) is 0 Å². The molecule has 0 unspecified atom stereocenters. The van der Waals surface area contributed by atoms with Gasteiger partial charge < -0.3 is 9.88 Å². The first-order chi connectivity index (χ1) is 7.16. The SMILES string of the molecule is Cn1cc(Cl)cc1C(=O)Nc1ccn[nH]1. The number of aromatic amines is 1. The lowest BCUT2D eigenvalue weighted by Gasteiger charge is -2.02. The van der Waals surface area contributed by atoms with E-state index in [4.69, 9.17) is 11.6 Å². The van der Waals surface area contributed by atoms with Crippen LogP contribution in [0.2, 0.25) is 5.02 Å². The van der Waals surface area contributed by atoms with Crippen molar-refractivity contribution in [3.05, 3.63) is 35.2 Å². The van der Waals surface area contributed by atoms with Gasteiger partial charge in [-0.25, -0.2) is 0 Å². The maximum atomic E-state index is 11.7. The maximum Gasteiger partial charge on any atom is 0.273 e. The minimum Gasteiger partial charge on any atom is -0.345 e. The van der Waals surface area contributed by atoms with Gasteiger partial charge >= 0.3 is 0 Å². The van der Waals surface area contributed by atoms with E-state index >= 15 is 0 Å². The summed E-state index contributed by atoms with van der Waals surface area (Å²) in [6.45, 7) is 0. The largest absolute Gasteiger partial charge is 0.345 e. The molecule has 6 heteroatoms. The van der Waals surface area contributed by atoms with Crippen LogP contribution in [0.1, 0.15) is 10.5 Å². The summed E-state index contributed by atoms with van der Waals surface area (Å²) in [6.07, 6.45) is 3.23. The number of anilines is 1. The van der Waals surface area contributed by atoms with E-state index in [2.05, 4.69) is 15.5 Å². The smallest absolute Gasteiger partial charge is 0.273 e. The number of nitrogens with one attached hydrogen (secondary N) is 2. The molecule has 0 aliphatic heterocycles. The number of nitrogens with zero attached hydrogens (tertiary/aromatic N) is 2. The summed E-state index contributed by atoms with van der Waals surface area (Å²) in [5.41, 5.74) is 0.495. The molecular weight excluding hydrogens is 216 g/mol. The molecule has 0 saturated heterocycles. The predicted molar refractivity (Wildman–Crippen MR) is 57.0 cm³/mol. The molecule has 2 aromatic heterocycles. The molecule has 0 aromatic carbocycles. The van der Waals surface area contributed by atoms with Gasteiger partial charge in [0.05, 0.1) is 11.2 Å². The molecule has 2 heterocycles. The first kappa shape index (κ1) is 9.79. The van der Waals surface area contributed by atoms with Crippen molar-refractivity contribution < 1.29 is 4.79 Å². The standard InChI is InChI=1S/C9H9ClN4O/c1-14-5-6(10)4-7(14)9(15)12-8-2-3-11-13-8/h2-5H,1H3,(H2,11,12,13,15). The molecule has 2 N–H and O–H groups in total. The van der Waals surface area contributed by atoms with Gasteiger partial charge in [0.25, 0.3) is 5.91 Å². The second-order valence-electron chi connectivity index (χ2n) is 3.08. The van der Waals surface area contributed by atoms with Crippen molar-refractivity contribution in [1.82, 2.24) is 14.8 Å². The molecule has 0 radical (unpaired) electrons. The minimum absolute atomic E-state index is 0.228. The highest BCUT2D eigenvalue weighted by atomic mass is 35.5. The van der Waals surface area contributed by atoms with Crippen LogP contribution < -0.4 is 5.32 Å². The Morgan fingerprint density at radius 3 is 3.00 bits per heavy atom. The van der Waals surface area contributed by atoms with Crippen LogP contribution in [-0.4, -0.2) is 20.7 Å². The fourth-order valence-electron chi connectivity index (χ4n) is 1.26. The molecule has 1 amide bonds. The molecule has 2 aromatic rings. The Kier molecular flexibility index (Phi) is 2.47. The third-order valence-electron chi connectivity index (χ3n) is 1.95. The van der Waals surface area contributed by atoms with E-state index in [-0.39, 0.29) is 5.91 Å². The van der Waals surface area contributed by atoms with Crippen LogP contribution in [0.4, 0.5) is 5.82 Å². The van der Waals surface area contributed by atoms with E-state index in [9.17, 15) is 4.79 Å². The van der Waals surface area contributed by atoms with Gasteiger partial charge in [0, 0.05) is 19.3 Å². The summed E-state index contributed by atoms with van der Waals surface area (Å²) in [4.78, 5) is 11.7. The number of H-pyrrole nitrogens is 1. The molecule has 0 atom stereocenters. The molecular formula is C9H9ClN4O. The highest BCUT2D eigenvalue weighted by molar-refractivity contribution is 6.31. The van der Waals surface area contributed by atoms with Crippen molar-refractivity contribution in [2.75, 3.05) is 5.32 Å². The Morgan fingerprint density at radius 2 is 2.47 bits per heavy atom. The summed E-state index contributed by atoms with van der Waals surface area (Å²) >= 11 is 5.77. The average molecular weight is 225 g/mol. The van der Waals surface area contributed by atoms with Crippen LogP contribution in [0.25, 0.3) is 0 Å². The second-order valence-corrected chi connectivity index (χ2v) is 3.52. The number of hydrogen-bond donors (Lipinski definition) is 2. The Balaban J connectivity index is 2.18. The van der Waals surface area contributed by atoms with Gasteiger partial charge in [0.15, 0.2) is 0 Å². The molecule has 0 spiro atoms. The summed E-state index contributed by atoms with van der Waals surface area (Å²) in [6, 6.07) is 3.27. The van der Waals surface area contributed by atoms with E-state index in [0.29, 0.717) is 16.5 Å². The molecule has 0 saturated carbocycles. The van der Waals surface area contributed by atoms with E-state index < -0.39 is 0 Å². The zero-order chi connectivity index (χ0) is 10.8. The summed E-state index contributed by atoms with van der Waals surface area (Å²) in [5.74, 6) is 0.325. The number of carbonyl (C=O) groups is 1. The molecule has 15 heavy (non-hydrogen) atoms. The van der Waals surface area contributed by atoms with Crippen LogP contribution in [0, 0.1) is 0 Å². The van der Waals surface area contributed by atoms with Crippen molar-refractivity contribution in [2.24, 2.45) is 7.05 Å². The van der Waals surface area contributed by atoms with Gasteiger partial charge in [-0.15, -0.1) is 0 Å². The van der Waals surface area contributed by atoms with Gasteiger partial charge in [-0.05, 0) is 6.07 Å². The van der Waals surface area contributed by atoms with Gasteiger partial charge in [-0.1, -0.05) is 11.6 Å². The maximum absolute atomic E-state index is 11.7. The van der Waals surface area contributed by atoms with Gasteiger partial charge in [0.1, 0.15) is 11.5 Å². The van der Waals surface area contributed by atoms with Crippen LogP contribution in [0.15, 0.2) is 24.5 Å². The van der Waals surface area contributed by atoms with Gasteiger partial charge in [0.2, 0.25) is 0 Å². The number of aryl methyl sites for hydroxylation is 1. The van der Waals surface area contributed by atoms with E-state index in [1.54, 1.807) is 36.1 Å². The number of halogens is 1.